The maximum Gasteiger partial charge on any atom is 0.166 e. The van der Waals surface area contributed by atoms with Crippen LogP contribution >= 0.6 is 0 Å². The van der Waals surface area contributed by atoms with E-state index in [0.717, 1.165) is 25.7 Å². The summed E-state index contributed by atoms with van der Waals surface area (Å²) in [5.41, 5.74) is 0. The van der Waals surface area contributed by atoms with Gasteiger partial charge in [0.2, 0.25) is 0 Å². The van der Waals surface area contributed by atoms with E-state index in [-0.39, 0.29) is 12.0 Å². The first-order chi connectivity index (χ1) is 10.5. The molecule has 0 N–H and O–H groups in total. The number of carbonyl (C=O) groups excluding carboxylic acids is 1. The van der Waals surface area contributed by atoms with Gasteiger partial charge in [-0.2, -0.15) is 0 Å². The lowest BCUT2D eigenvalue weighted by atomic mass is 9.94. The van der Waals surface area contributed by atoms with Crippen molar-refractivity contribution in [3.63, 3.8) is 0 Å². The highest BCUT2D eigenvalue weighted by Crippen LogP contribution is 2.29. The molecule has 4 nitrogen and oxygen atoms in total. The average molecular weight is 314 g/mol. The van der Waals surface area contributed by atoms with Gasteiger partial charge in [0.25, 0.3) is 0 Å². The molecule has 1 aliphatic rings. The van der Waals surface area contributed by atoms with E-state index in [9.17, 15) is 4.79 Å². The van der Waals surface area contributed by atoms with Crippen molar-refractivity contribution < 1.29 is 19.0 Å². The highest BCUT2D eigenvalue weighted by molar-refractivity contribution is 5.80. The Morgan fingerprint density at radius 2 is 1.82 bits per heavy atom. The molecule has 0 aliphatic carbocycles. The van der Waals surface area contributed by atoms with Crippen molar-refractivity contribution in [3.05, 3.63) is 0 Å². The van der Waals surface area contributed by atoms with Gasteiger partial charge >= 0.3 is 0 Å². The van der Waals surface area contributed by atoms with Gasteiger partial charge < -0.3 is 14.2 Å². The summed E-state index contributed by atoms with van der Waals surface area (Å²) in [5, 5.41) is 0. The Kier molecular flexibility index (Phi) is 8.58. The molecule has 1 rings (SSSR count). The van der Waals surface area contributed by atoms with Crippen LogP contribution in [0.25, 0.3) is 0 Å². The van der Waals surface area contributed by atoms with Gasteiger partial charge in [0.15, 0.2) is 5.79 Å². The Morgan fingerprint density at radius 1 is 1.18 bits per heavy atom. The van der Waals surface area contributed by atoms with Gasteiger partial charge in [0.05, 0.1) is 19.3 Å². The minimum absolute atomic E-state index is 0.0196. The molecule has 4 heteroatoms. The highest BCUT2D eigenvalue weighted by Gasteiger charge is 2.37. The second-order valence-electron chi connectivity index (χ2n) is 6.44. The molecule has 0 aromatic rings. The molecule has 1 aliphatic heterocycles. The van der Waals surface area contributed by atoms with Gasteiger partial charge in [-0.1, -0.05) is 27.7 Å². The Morgan fingerprint density at radius 3 is 2.36 bits per heavy atom. The van der Waals surface area contributed by atoms with E-state index in [2.05, 4.69) is 27.7 Å². The maximum absolute atomic E-state index is 12.1. The summed E-state index contributed by atoms with van der Waals surface area (Å²) in [7, 11) is 0. The minimum atomic E-state index is -0.635. The van der Waals surface area contributed by atoms with E-state index in [1.807, 2.05) is 6.92 Å². The van der Waals surface area contributed by atoms with E-state index < -0.39 is 5.79 Å². The van der Waals surface area contributed by atoms with Gasteiger partial charge in [0.1, 0.15) is 11.9 Å². The van der Waals surface area contributed by atoms with Crippen molar-refractivity contribution >= 4 is 5.78 Å². The molecule has 2 unspecified atom stereocenters. The van der Waals surface area contributed by atoms with Crippen LogP contribution in [0, 0.1) is 5.92 Å². The SMILES string of the molecule is CCC(CC)OCC1COC(C)(CCC(=O)C(CC)CC)O1. The largest absolute Gasteiger partial charge is 0.375 e. The molecule has 0 aromatic heterocycles. The van der Waals surface area contributed by atoms with Crippen LogP contribution in [-0.4, -0.2) is 37.0 Å². The lowest BCUT2D eigenvalue weighted by Gasteiger charge is -2.24. The predicted octanol–water partition coefficient (Wildman–Crippen LogP) is 4.11. The predicted molar refractivity (Wildman–Crippen MR) is 87.9 cm³/mol. The summed E-state index contributed by atoms with van der Waals surface area (Å²) in [6.45, 7) is 11.5. The van der Waals surface area contributed by atoms with E-state index in [1.54, 1.807) is 0 Å². The van der Waals surface area contributed by atoms with Gasteiger partial charge in [-0.25, -0.2) is 0 Å². The van der Waals surface area contributed by atoms with Crippen LogP contribution in [-0.2, 0) is 19.0 Å². The average Bonchev–Trinajstić information content (AvgIpc) is 2.89. The van der Waals surface area contributed by atoms with Crippen LogP contribution in [0.2, 0.25) is 0 Å². The van der Waals surface area contributed by atoms with E-state index in [4.69, 9.17) is 14.2 Å². The number of rotatable bonds is 11. The van der Waals surface area contributed by atoms with E-state index in [0.29, 0.717) is 37.9 Å². The molecule has 0 amide bonds. The fraction of sp³-hybridized carbons (Fsp3) is 0.944. The second kappa shape index (κ2) is 9.64. The Balaban J connectivity index is 2.35. The van der Waals surface area contributed by atoms with Gasteiger partial charge in [-0.05, 0) is 32.6 Å². The maximum atomic E-state index is 12.1. The zero-order valence-electron chi connectivity index (χ0n) is 15.0. The first-order valence-electron chi connectivity index (χ1n) is 8.93. The normalized spacial score (nSPS) is 25.3. The Bertz CT molecular complexity index is 323. The van der Waals surface area contributed by atoms with Crippen molar-refractivity contribution in [1.82, 2.24) is 0 Å². The van der Waals surface area contributed by atoms with Crippen LogP contribution in [0.1, 0.15) is 73.1 Å². The summed E-state index contributed by atoms with van der Waals surface area (Å²) >= 11 is 0. The smallest absolute Gasteiger partial charge is 0.166 e. The quantitative estimate of drug-likeness (QED) is 0.576. The first-order valence-corrected chi connectivity index (χ1v) is 8.93. The number of Topliss-reactive ketones (excluding diaryl/α,β-unsaturated/α-hetero) is 1. The zero-order valence-corrected chi connectivity index (χ0v) is 15.0. The van der Waals surface area contributed by atoms with E-state index in [1.165, 1.54) is 0 Å². The molecule has 2 atom stereocenters. The molecule has 0 spiro atoms. The topological polar surface area (TPSA) is 44.8 Å². The van der Waals surface area contributed by atoms with Crippen LogP contribution < -0.4 is 0 Å². The third-order valence-electron chi connectivity index (χ3n) is 4.69. The molecule has 0 aromatic carbocycles. The lowest BCUT2D eigenvalue weighted by molar-refractivity contribution is -0.169. The molecular formula is C18H34O4. The van der Waals surface area contributed by atoms with Crippen LogP contribution in [0.5, 0.6) is 0 Å². The van der Waals surface area contributed by atoms with Crippen LogP contribution in [0.4, 0.5) is 0 Å². The van der Waals surface area contributed by atoms with Crippen molar-refractivity contribution in [2.24, 2.45) is 5.92 Å². The van der Waals surface area contributed by atoms with Crippen molar-refractivity contribution in [3.8, 4) is 0 Å². The Labute approximate surface area is 135 Å². The number of hydrogen-bond donors (Lipinski definition) is 0. The first kappa shape index (κ1) is 19.6. The van der Waals surface area contributed by atoms with Crippen molar-refractivity contribution in [1.29, 1.82) is 0 Å². The van der Waals surface area contributed by atoms with Crippen molar-refractivity contribution in [2.75, 3.05) is 13.2 Å². The van der Waals surface area contributed by atoms with Crippen LogP contribution in [0.3, 0.4) is 0 Å². The summed E-state index contributed by atoms with van der Waals surface area (Å²) < 4.78 is 17.6. The number of hydrogen-bond acceptors (Lipinski definition) is 4. The third kappa shape index (κ3) is 5.98. The zero-order chi connectivity index (χ0) is 16.6. The number of carbonyl (C=O) groups is 1. The second-order valence-corrected chi connectivity index (χ2v) is 6.44. The summed E-state index contributed by atoms with van der Waals surface area (Å²) in [4.78, 5) is 12.1. The molecule has 130 valence electrons. The molecule has 0 saturated carbocycles. The fourth-order valence-corrected chi connectivity index (χ4v) is 2.97. The molecule has 0 radical (unpaired) electrons. The molecule has 1 saturated heterocycles. The standard InChI is InChI=1S/C18H34O4/c1-6-14(7-2)17(19)10-11-18(5)21-13-16(22-18)12-20-15(8-3)9-4/h14-16H,6-13H2,1-5H3. The Hall–Kier alpha value is -0.450. The molecule has 0 bridgehead atoms. The molecule has 1 heterocycles. The summed E-state index contributed by atoms with van der Waals surface area (Å²) in [6, 6.07) is 0. The number of ether oxygens (including phenoxy) is 3. The van der Waals surface area contributed by atoms with Crippen molar-refractivity contribution in [2.45, 2.75) is 91.1 Å². The van der Waals surface area contributed by atoms with E-state index >= 15 is 0 Å². The molecular weight excluding hydrogens is 280 g/mol. The molecule has 22 heavy (non-hydrogen) atoms. The highest BCUT2D eigenvalue weighted by atomic mass is 16.7. The summed E-state index contributed by atoms with van der Waals surface area (Å²) in [5.74, 6) is -0.127. The minimum Gasteiger partial charge on any atom is -0.375 e. The fourth-order valence-electron chi connectivity index (χ4n) is 2.97. The monoisotopic (exact) mass is 314 g/mol. The molecule has 1 fully saturated rings. The number of ketones is 1. The lowest BCUT2D eigenvalue weighted by Crippen LogP contribution is -2.30. The summed E-state index contributed by atoms with van der Waals surface area (Å²) in [6.07, 6.45) is 5.31. The van der Waals surface area contributed by atoms with Gasteiger partial charge in [0, 0.05) is 18.8 Å². The van der Waals surface area contributed by atoms with Crippen LogP contribution in [0.15, 0.2) is 0 Å². The van der Waals surface area contributed by atoms with Gasteiger partial charge in [-0.3, -0.25) is 4.79 Å². The third-order valence-corrected chi connectivity index (χ3v) is 4.69. The van der Waals surface area contributed by atoms with Gasteiger partial charge in [-0.15, -0.1) is 0 Å².